The third kappa shape index (κ3) is 3.55. The van der Waals surface area contributed by atoms with Gasteiger partial charge in [-0.25, -0.2) is 4.79 Å². The zero-order valence-electron chi connectivity index (χ0n) is 13.4. The van der Waals surface area contributed by atoms with Gasteiger partial charge in [-0.1, -0.05) is 6.92 Å². The first kappa shape index (κ1) is 17.1. The van der Waals surface area contributed by atoms with Gasteiger partial charge in [-0.15, -0.1) is 0 Å². The Morgan fingerprint density at radius 2 is 2.27 bits per heavy atom. The maximum atomic E-state index is 12.1. The quantitative estimate of drug-likeness (QED) is 0.830. The average Bonchev–Trinajstić information content (AvgIpc) is 2.76. The molecule has 2 heterocycles. The standard InChI is InChI=1S/C15H24N2O5/c1-5-11-12(18)13(21-10(3)8-20-4)14(22-11)17-7-6-9(2)16-15(17)19/h6-7,10-14,18H,5,8H2,1-4H3. The van der Waals surface area contributed by atoms with Crippen LogP contribution in [0.2, 0.25) is 0 Å². The molecule has 0 bridgehead atoms. The van der Waals surface area contributed by atoms with Crippen LogP contribution in [0.25, 0.3) is 0 Å². The molecule has 1 N–H and O–H groups in total. The fourth-order valence-corrected chi connectivity index (χ4v) is 2.66. The Morgan fingerprint density at radius 1 is 1.55 bits per heavy atom. The smallest absolute Gasteiger partial charge is 0.349 e. The van der Waals surface area contributed by atoms with Gasteiger partial charge >= 0.3 is 5.69 Å². The highest BCUT2D eigenvalue weighted by molar-refractivity contribution is 4.99. The summed E-state index contributed by atoms with van der Waals surface area (Å²) in [7, 11) is 1.59. The van der Waals surface area contributed by atoms with Gasteiger partial charge in [0.05, 0.1) is 18.8 Å². The maximum Gasteiger partial charge on any atom is 0.349 e. The Balaban J connectivity index is 2.27. The molecule has 1 aliphatic heterocycles. The predicted octanol–water partition coefficient (Wildman–Crippen LogP) is 0.640. The van der Waals surface area contributed by atoms with Crippen molar-refractivity contribution in [3.63, 3.8) is 0 Å². The second-order valence-corrected chi connectivity index (χ2v) is 5.59. The van der Waals surface area contributed by atoms with E-state index >= 15 is 0 Å². The SMILES string of the molecule is CCC1OC(n2ccc(C)nc2=O)C(OC(C)COC)C1O. The van der Waals surface area contributed by atoms with E-state index in [-0.39, 0.29) is 12.2 Å². The molecule has 7 heteroatoms. The number of hydrogen-bond acceptors (Lipinski definition) is 6. The summed E-state index contributed by atoms with van der Waals surface area (Å²) in [6, 6.07) is 1.73. The first-order chi connectivity index (χ1) is 10.5. The van der Waals surface area contributed by atoms with Crippen LogP contribution in [0.4, 0.5) is 0 Å². The monoisotopic (exact) mass is 312 g/mol. The predicted molar refractivity (Wildman–Crippen MR) is 79.7 cm³/mol. The number of nitrogens with zero attached hydrogens (tertiary/aromatic N) is 2. The van der Waals surface area contributed by atoms with Crippen molar-refractivity contribution in [1.29, 1.82) is 0 Å². The molecule has 1 fully saturated rings. The molecule has 0 aromatic carbocycles. The minimum atomic E-state index is -0.803. The van der Waals surface area contributed by atoms with E-state index in [1.807, 2.05) is 13.8 Å². The topological polar surface area (TPSA) is 82.8 Å². The van der Waals surface area contributed by atoms with Crippen LogP contribution < -0.4 is 5.69 Å². The van der Waals surface area contributed by atoms with Crippen LogP contribution in [0.15, 0.2) is 17.1 Å². The fraction of sp³-hybridized carbons (Fsp3) is 0.733. The molecule has 0 spiro atoms. The lowest BCUT2D eigenvalue weighted by atomic mass is 10.1. The number of hydrogen-bond donors (Lipinski definition) is 1. The fourth-order valence-electron chi connectivity index (χ4n) is 2.66. The number of aliphatic hydroxyl groups excluding tert-OH is 1. The third-order valence-corrected chi connectivity index (χ3v) is 3.75. The molecule has 1 saturated heterocycles. The minimum Gasteiger partial charge on any atom is -0.388 e. The summed E-state index contributed by atoms with van der Waals surface area (Å²) in [5.74, 6) is 0. The minimum absolute atomic E-state index is 0.222. The summed E-state index contributed by atoms with van der Waals surface area (Å²) < 4.78 is 18.1. The van der Waals surface area contributed by atoms with Gasteiger partial charge in [-0.2, -0.15) is 4.98 Å². The number of aliphatic hydroxyl groups is 1. The Bertz CT molecular complexity index is 547. The van der Waals surface area contributed by atoms with Gasteiger partial charge in [0.2, 0.25) is 0 Å². The second kappa shape index (κ2) is 7.32. The molecular formula is C15H24N2O5. The molecule has 5 atom stereocenters. The number of aromatic nitrogens is 2. The van der Waals surface area contributed by atoms with Gasteiger partial charge < -0.3 is 19.3 Å². The highest BCUT2D eigenvalue weighted by atomic mass is 16.6. The second-order valence-electron chi connectivity index (χ2n) is 5.59. The molecule has 0 aliphatic carbocycles. The van der Waals surface area contributed by atoms with Crippen molar-refractivity contribution in [3.05, 3.63) is 28.4 Å². The van der Waals surface area contributed by atoms with Crippen molar-refractivity contribution in [1.82, 2.24) is 9.55 Å². The molecule has 1 aromatic heterocycles. The van der Waals surface area contributed by atoms with Crippen LogP contribution in [0.5, 0.6) is 0 Å². The van der Waals surface area contributed by atoms with E-state index in [4.69, 9.17) is 14.2 Å². The number of rotatable bonds is 6. The molecule has 5 unspecified atom stereocenters. The highest BCUT2D eigenvalue weighted by Gasteiger charge is 2.45. The molecular weight excluding hydrogens is 288 g/mol. The van der Waals surface area contributed by atoms with Crippen molar-refractivity contribution in [2.45, 2.75) is 57.8 Å². The van der Waals surface area contributed by atoms with Crippen molar-refractivity contribution < 1.29 is 19.3 Å². The maximum absolute atomic E-state index is 12.1. The van der Waals surface area contributed by atoms with Gasteiger partial charge in [-0.3, -0.25) is 4.57 Å². The van der Waals surface area contributed by atoms with Gasteiger partial charge in [0, 0.05) is 19.0 Å². The van der Waals surface area contributed by atoms with E-state index in [2.05, 4.69) is 4.98 Å². The van der Waals surface area contributed by atoms with Gasteiger partial charge in [0.1, 0.15) is 12.2 Å². The summed E-state index contributed by atoms with van der Waals surface area (Å²) in [6.45, 7) is 5.91. The molecule has 7 nitrogen and oxygen atoms in total. The molecule has 0 saturated carbocycles. The lowest BCUT2D eigenvalue weighted by Crippen LogP contribution is -2.40. The van der Waals surface area contributed by atoms with E-state index in [1.165, 1.54) is 4.57 Å². The van der Waals surface area contributed by atoms with Crippen LogP contribution in [0.3, 0.4) is 0 Å². The van der Waals surface area contributed by atoms with Crippen molar-refractivity contribution in [2.24, 2.45) is 0 Å². The summed E-state index contributed by atoms with van der Waals surface area (Å²) >= 11 is 0. The lowest BCUT2D eigenvalue weighted by molar-refractivity contribution is -0.111. The molecule has 0 amide bonds. The normalized spacial score (nSPS) is 29.7. The summed E-state index contributed by atoms with van der Waals surface area (Å²) in [6.07, 6.45) is -0.486. The lowest BCUT2D eigenvalue weighted by Gasteiger charge is -2.25. The first-order valence-electron chi connectivity index (χ1n) is 7.51. The van der Waals surface area contributed by atoms with E-state index in [1.54, 1.807) is 26.3 Å². The summed E-state index contributed by atoms with van der Waals surface area (Å²) in [5.41, 5.74) is 0.221. The van der Waals surface area contributed by atoms with E-state index < -0.39 is 24.1 Å². The largest absolute Gasteiger partial charge is 0.388 e. The van der Waals surface area contributed by atoms with Crippen LogP contribution >= 0.6 is 0 Å². The zero-order valence-corrected chi connectivity index (χ0v) is 13.4. The van der Waals surface area contributed by atoms with Crippen LogP contribution in [-0.4, -0.2) is 52.8 Å². The molecule has 1 aliphatic rings. The van der Waals surface area contributed by atoms with Gasteiger partial charge in [0.15, 0.2) is 6.23 Å². The third-order valence-electron chi connectivity index (χ3n) is 3.75. The van der Waals surface area contributed by atoms with Crippen LogP contribution in [0.1, 0.15) is 32.2 Å². The average molecular weight is 312 g/mol. The van der Waals surface area contributed by atoms with Crippen molar-refractivity contribution in [2.75, 3.05) is 13.7 Å². The van der Waals surface area contributed by atoms with Crippen LogP contribution in [-0.2, 0) is 14.2 Å². The Labute approximate surface area is 129 Å². The molecule has 1 aromatic rings. The molecule has 2 rings (SSSR count). The number of aryl methyl sites for hydroxylation is 1. The Kier molecular flexibility index (Phi) is 5.69. The van der Waals surface area contributed by atoms with Crippen LogP contribution in [0, 0.1) is 6.92 Å². The number of ether oxygens (including phenoxy) is 3. The number of methoxy groups -OCH3 is 1. The van der Waals surface area contributed by atoms with E-state index in [0.29, 0.717) is 18.7 Å². The Morgan fingerprint density at radius 3 is 2.86 bits per heavy atom. The van der Waals surface area contributed by atoms with Gasteiger partial charge in [-0.05, 0) is 26.3 Å². The van der Waals surface area contributed by atoms with Gasteiger partial charge in [0.25, 0.3) is 0 Å². The highest BCUT2D eigenvalue weighted by Crippen LogP contribution is 2.33. The van der Waals surface area contributed by atoms with Crippen molar-refractivity contribution >= 4 is 0 Å². The van der Waals surface area contributed by atoms with Crippen molar-refractivity contribution in [3.8, 4) is 0 Å². The van der Waals surface area contributed by atoms with E-state index in [9.17, 15) is 9.90 Å². The zero-order chi connectivity index (χ0) is 16.3. The summed E-state index contributed by atoms with van der Waals surface area (Å²) in [5, 5.41) is 10.4. The molecule has 0 radical (unpaired) electrons. The first-order valence-corrected chi connectivity index (χ1v) is 7.51. The molecule has 22 heavy (non-hydrogen) atoms. The molecule has 124 valence electrons. The summed E-state index contributed by atoms with van der Waals surface area (Å²) in [4.78, 5) is 16.0. The van der Waals surface area contributed by atoms with E-state index in [0.717, 1.165) is 0 Å². The Hall–Kier alpha value is -1.28.